The summed E-state index contributed by atoms with van der Waals surface area (Å²) >= 11 is 24.9. The van der Waals surface area contributed by atoms with E-state index in [1.165, 1.54) is 66.5 Å². The average Bonchev–Trinajstić information content (AvgIpc) is 3.41. The van der Waals surface area contributed by atoms with Crippen LogP contribution in [0.15, 0.2) is 60.7 Å². The maximum absolute atomic E-state index is 13.2. The van der Waals surface area contributed by atoms with Gasteiger partial charge in [0.1, 0.15) is 10.2 Å². The Morgan fingerprint density at radius 1 is 1.00 bits per heavy atom. The van der Waals surface area contributed by atoms with Gasteiger partial charge in [0.15, 0.2) is 0 Å². The minimum Gasteiger partial charge on any atom is -0.326 e. The fourth-order valence-corrected chi connectivity index (χ4v) is 5.24. The molecule has 1 saturated carbocycles. The van der Waals surface area contributed by atoms with Gasteiger partial charge in [0.2, 0.25) is 5.91 Å². The smallest absolute Gasteiger partial charge is 0.263 e. The highest BCUT2D eigenvalue weighted by atomic mass is 35.5. The number of alkyl halides is 4. The number of nitrogens with zero attached hydrogens (tertiary/aromatic N) is 1. The van der Waals surface area contributed by atoms with E-state index in [-0.39, 0.29) is 26.9 Å². The van der Waals surface area contributed by atoms with Crippen LogP contribution < -0.4 is 10.2 Å². The number of halogens is 7. The van der Waals surface area contributed by atoms with Crippen molar-refractivity contribution < 1.29 is 22.8 Å². The molecule has 0 aliphatic heterocycles. The number of amides is 2. The van der Waals surface area contributed by atoms with Gasteiger partial charge in [-0.15, -0.1) is 23.2 Å². The van der Waals surface area contributed by atoms with Gasteiger partial charge in [0.05, 0.1) is 16.5 Å². The third-order valence-corrected chi connectivity index (χ3v) is 7.36. The number of hydrogen-bond donors (Lipinski definition) is 1. The summed E-state index contributed by atoms with van der Waals surface area (Å²) in [6.07, 6.45) is -2.76. The first-order valence-corrected chi connectivity index (χ1v) is 12.0. The lowest BCUT2D eigenvalue weighted by atomic mass is 10.1. The number of rotatable bonds is 6. The Labute approximate surface area is 224 Å². The topological polar surface area (TPSA) is 49.4 Å². The van der Waals surface area contributed by atoms with Crippen molar-refractivity contribution in [2.24, 2.45) is 5.92 Å². The van der Waals surface area contributed by atoms with Crippen LogP contribution in [-0.4, -0.2) is 23.2 Å². The van der Waals surface area contributed by atoms with Gasteiger partial charge in [-0.25, -0.2) is 13.2 Å². The highest BCUT2D eigenvalue weighted by molar-refractivity contribution is 6.53. The molecule has 3 aromatic rings. The summed E-state index contributed by atoms with van der Waals surface area (Å²) in [4.78, 5) is 27.3. The first-order valence-electron chi connectivity index (χ1n) is 10.5. The molecule has 2 amide bonds. The maximum atomic E-state index is 13.2. The molecule has 36 heavy (non-hydrogen) atoms. The minimum atomic E-state index is -2.76. The first-order chi connectivity index (χ1) is 16.9. The van der Waals surface area contributed by atoms with Crippen LogP contribution in [0.2, 0.25) is 10.0 Å². The van der Waals surface area contributed by atoms with Crippen LogP contribution in [-0.2, 0) is 4.79 Å². The molecule has 1 aliphatic rings. The molecule has 0 saturated heterocycles. The van der Waals surface area contributed by atoms with E-state index < -0.39 is 40.2 Å². The Morgan fingerprint density at radius 3 is 2.31 bits per heavy atom. The molecule has 0 unspecified atom stereocenters. The number of anilines is 2. The molecule has 4 nitrogen and oxygen atoms in total. The zero-order chi connectivity index (χ0) is 26.4. The number of hydrogen-bond acceptors (Lipinski definition) is 2. The largest absolute Gasteiger partial charge is 0.326 e. The standard InChI is InChI=1S/C25H17Cl4F3N2O2/c1-34(17-5-2-15(30)3-6-17)24(36)18-11-16(4-7-19(18)27)33-23(35)21-20(25(21,28)29)12-8-13(22(31)32)10-14(26)9-12/h2-11,20-22H,1H3,(H,33,35)/t20-,21+/m1/s1. The van der Waals surface area contributed by atoms with E-state index in [2.05, 4.69) is 5.32 Å². The summed E-state index contributed by atoms with van der Waals surface area (Å²) in [6.45, 7) is 0. The molecule has 2 atom stereocenters. The van der Waals surface area contributed by atoms with E-state index in [4.69, 9.17) is 46.4 Å². The van der Waals surface area contributed by atoms with Crippen molar-refractivity contribution in [3.8, 4) is 0 Å². The molecule has 0 bridgehead atoms. The second-order valence-electron chi connectivity index (χ2n) is 8.27. The molecule has 0 spiro atoms. The van der Waals surface area contributed by atoms with Crippen molar-refractivity contribution in [2.75, 3.05) is 17.3 Å². The normalized spacial score (nSPS) is 18.1. The number of benzene rings is 3. The molecule has 188 valence electrons. The van der Waals surface area contributed by atoms with Gasteiger partial charge in [0, 0.05) is 34.9 Å². The van der Waals surface area contributed by atoms with Crippen LogP contribution in [0, 0.1) is 11.7 Å². The molecule has 0 heterocycles. The minimum absolute atomic E-state index is 0.0733. The van der Waals surface area contributed by atoms with Crippen molar-refractivity contribution in [3.05, 3.63) is 93.2 Å². The SMILES string of the molecule is CN(C(=O)c1cc(NC(=O)[C@@H]2[C@@H](c3cc(Cl)cc(C(F)F)c3)C2(Cl)Cl)ccc1Cl)c1ccc(F)cc1. The number of nitrogens with one attached hydrogen (secondary N) is 1. The van der Waals surface area contributed by atoms with Crippen LogP contribution in [0.4, 0.5) is 24.5 Å². The Morgan fingerprint density at radius 2 is 1.67 bits per heavy atom. The summed E-state index contributed by atoms with van der Waals surface area (Å²) in [6, 6.07) is 13.4. The molecule has 3 aromatic carbocycles. The molecule has 1 aliphatic carbocycles. The van der Waals surface area contributed by atoms with E-state index in [1.807, 2.05) is 0 Å². The number of carbonyl (C=O) groups excluding carboxylic acids is 2. The first kappa shape index (κ1) is 26.6. The van der Waals surface area contributed by atoms with Crippen LogP contribution >= 0.6 is 46.4 Å². The molecular formula is C25H17Cl4F3N2O2. The lowest BCUT2D eigenvalue weighted by Gasteiger charge is -2.18. The van der Waals surface area contributed by atoms with E-state index in [9.17, 15) is 22.8 Å². The van der Waals surface area contributed by atoms with Crippen molar-refractivity contribution in [3.63, 3.8) is 0 Å². The molecular weight excluding hydrogens is 559 g/mol. The van der Waals surface area contributed by atoms with Gasteiger partial charge < -0.3 is 10.2 Å². The van der Waals surface area contributed by atoms with Crippen LogP contribution in [0.5, 0.6) is 0 Å². The lowest BCUT2D eigenvalue weighted by molar-refractivity contribution is -0.117. The van der Waals surface area contributed by atoms with Crippen molar-refractivity contribution in [2.45, 2.75) is 16.7 Å². The predicted octanol–water partition coefficient (Wildman–Crippen LogP) is 7.87. The van der Waals surface area contributed by atoms with Gasteiger partial charge >= 0.3 is 0 Å². The van der Waals surface area contributed by atoms with Crippen molar-refractivity contribution in [1.29, 1.82) is 0 Å². The summed E-state index contributed by atoms with van der Waals surface area (Å²) in [7, 11) is 1.50. The van der Waals surface area contributed by atoms with Gasteiger partial charge in [-0.1, -0.05) is 23.2 Å². The third kappa shape index (κ3) is 5.30. The molecule has 11 heteroatoms. The summed E-state index contributed by atoms with van der Waals surface area (Å²) in [5.74, 6) is -3.24. The quantitative estimate of drug-likeness (QED) is 0.304. The zero-order valence-electron chi connectivity index (χ0n) is 18.4. The van der Waals surface area contributed by atoms with E-state index in [1.54, 1.807) is 0 Å². The van der Waals surface area contributed by atoms with Gasteiger partial charge in [-0.05, 0) is 66.2 Å². The predicted molar refractivity (Wildman–Crippen MR) is 136 cm³/mol. The van der Waals surface area contributed by atoms with Crippen LogP contribution in [0.3, 0.4) is 0 Å². The highest BCUT2D eigenvalue weighted by Gasteiger charge is 2.67. The van der Waals surface area contributed by atoms with Crippen molar-refractivity contribution >= 4 is 69.6 Å². The Bertz CT molecular complexity index is 1340. The van der Waals surface area contributed by atoms with Crippen LogP contribution in [0.1, 0.15) is 33.8 Å². The van der Waals surface area contributed by atoms with E-state index >= 15 is 0 Å². The van der Waals surface area contributed by atoms with E-state index in [0.29, 0.717) is 11.3 Å². The molecule has 1 N–H and O–H groups in total. The highest BCUT2D eigenvalue weighted by Crippen LogP contribution is 2.65. The third-order valence-electron chi connectivity index (χ3n) is 5.87. The lowest BCUT2D eigenvalue weighted by Crippen LogP contribution is -2.26. The van der Waals surface area contributed by atoms with Crippen LogP contribution in [0.25, 0.3) is 0 Å². The molecule has 0 aromatic heterocycles. The monoisotopic (exact) mass is 574 g/mol. The zero-order valence-corrected chi connectivity index (χ0v) is 21.4. The second-order valence-corrected chi connectivity index (χ2v) is 10.6. The van der Waals surface area contributed by atoms with Gasteiger partial charge in [0.25, 0.3) is 12.3 Å². The van der Waals surface area contributed by atoms with E-state index in [0.717, 1.165) is 6.07 Å². The summed E-state index contributed by atoms with van der Waals surface area (Å²) < 4.78 is 38.1. The molecule has 4 rings (SSSR count). The average molecular weight is 576 g/mol. The Hall–Kier alpha value is -2.45. The van der Waals surface area contributed by atoms with Gasteiger partial charge in [-0.2, -0.15) is 0 Å². The number of carbonyl (C=O) groups is 2. The van der Waals surface area contributed by atoms with Crippen molar-refractivity contribution in [1.82, 2.24) is 0 Å². The maximum Gasteiger partial charge on any atom is 0.263 e. The summed E-state index contributed by atoms with van der Waals surface area (Å²) in [5, 5.41) is 2.86. The fraction of sp³-hybridized carbons (Fsp3) is 0.200. The Kier molecular flexibility index (Phi) is 7.49. The molecule has 1 fully saturated rings. The summed E-state index contributed by atoms with van der Waals surface area (Å²) in [5.41, 5.74) is 0.781. The van der Waals surface area contributed by atoms with Gasteiger partial charge in [-0.3, -0.25) is 9.59 Å². The fourth-order valence-electron chi connectivity index (χ4n) is 3.96. The Balaban J connectivity index is 1.54. The molecule has 0 radical (unpaired) electrons. The second kappa shape index (κ2) is 10.1.